The molecule has 0 unspecified atom stereocenters. The van der Waals surface area contributed by atoms with E-state index in [1.807, 2.05) is 0 Å². The summed E-state index contributed by atoms with van der Waals surface area (Å²) in [6, 6.07) is 13.2. The summed E-state index contributed by atoms with van der Waals surface area (Å²) < 4.78 is 33.8. The van der Waals surface area contributed by atoms with E-state index in [1.54, 1.807) is 24.3 Å². The molecule has 29 heavy (non-hydrogen) atoms. The normalized spacial score (nSPS) is 12.3. The molecule has 0 saturated carbocycles. The SMILES string of the molecule is COc1ccc(-c2ccc(C(=O)Nc3ccc4c(c3)CC(=O)N4)c(F)c2)c(F)c1. The number of carbonyl (C=O) groups excluding carboxylic acids is 2. The second-order valence-corrected chi connectivity index (χ2v) is 6.59. The summed E-state index contributed by atoms with van der Waals surface area (Å²) in [7, 11) is 1.43. The minimum Gasteiger partial charge on any atom is -0.497 e. The Labute approximate surface area is 165 Å². The number of halogens is 2. The van der Waals surface area contributed by atoms with Crippen LogP contribution in [0, 0.1) is 11.6 Å². The summed E-state index contributed by atoms with van der Waals surface area (Å²) in [6.07, 6.45) is 0.232. The van der Waals surface area contributed by atoms with Gasteiger partial charge in [0.1, 0.15) is 17.4 Å². The van der Waals surface area contributed by atoms with E-state index < -0.39 is 17.5 Å². The number of amides is 2. The molecule has 0 saturated heterocycles. The molecular weight excluding hydrogens is 378 g/mol. The summed E-state index contributed by atoms with van der Waals surface area (Å²) in [6.45, 7) is 0. The predicted octanol–water partition coefficient (Wildman–Crippen LogP) is 4.39. The van der Waals surface area contributed by atoms with Gasteiger partial charge in [-0.05, 0) is 53.6 Å². The van der Waals surface area contributed by atoms with Crippen LogP contribution in [-0.4, -0.2) is 18.9 Å². The highest BCUT2D eigenvalue weighted by atomic mass is 19.1. The van der Waals surface area contributed by atoms with Crippen molar-refractivity contribution in [3.63, 3.8) is 0 Å². The number of methoxy groups -OCH3 is 1. The summed E-state index contributed by atoms with van der Waals surface area (Å²) in [5, 5.41) is 5.32. The maximum absolute atomic E-state index is 14.6. The Morgan fingerprint density at radius 3 is 2.59 bits per heavy atom. The lowest BCUT2D eigenvalue weighted by molar-refractivity contribution is -0.115. The molecule has 2 amide bonds. The average molecular weight is 394 g/mol. The third-order valence-electron chi connectivity index (χ3n) is 4.69. The van der Waals surface area contributed by atoms with Gasteiger partial charge < -0.3 is 15.4 Å². The molecule has 1 aliphatic rings. The van der Waals surface area contributed by atoms with Crippen LogP contribution in [0.3, 0.4) is 0 Å². The van der Waals surface area contributed by atoms with Gasteiger partial charge in [0.25, 0.3) is 5.91 Å². The number of hydrogen-bond acceptors (Lipinski definition) is 3. The van der Waals surface area contributed by atoms with Gasteiger partial charge in [-0.1, -0.05) is 6.07 Å². The van der Waals surface area contributed by atoms with Crippen molar-refractivity contribution in [2.45, 2.75) is 6.42 Å². The fourth-order valence-corrected chi connectivity index (χ4v) is 3.23. The lowest BCUT2D eigenvalue weighted by Crippen LogP contribution is -2.14. The van der Waals surface area contributed by atoms with Crippen LogP contribution in [0.2, 0.25) is 0 Å². The van der Waals surface area contributed by atoms with Crippen LogP contribution in [0.25, 0.3) is 11.1 Å². The second kappa shape index (κ2) is 7.35. The van der Waals surface area contributed by atoms with Crippen molar-refractivity contribution >= 4 is 23.2 Å². The Morgan fingerprint density at radius 2 is 1.86 bits per heavy atom. The predicted molar refractivity (Wildman–Crippen MR) is 105 cm³/mol. The first kappa shape index (κ1) is 18.6. The van der Waals surface area contributed by atoms with E-state index in [1.165, 1.54) is 31.4 Å². The van der Waals surface area contributed by atoms with E-state index in [2.05, 4.69) is 10.6 Å². The third kappa shape index (κ3) is 3.67. The van der Waals surface area contributed by atoms with Gasteiger partial charge in [-0.15, -0.1) is 0 Å². The van der Waals surface area contributed by atoms with Crippen LogP contribution in [-0.2, 0) is 11.2 Å². The Kier molecular flexibility index (Phi) is 4.72. The first-order valence-corrected chi connectivity index (χ1v) is 8.82. The lowest BCUT2D eigenvalue weighted by Gasteiger charge is -2.10. The van der Waals surface area contributed by atoms with Gasteiger partial charge in [-0.2, -0.15) is 0 Å². The zero-order valence-electron chi connectivity index (χ0n) is 15.4. The topological polar surface area (TPSA) is 67.4 Å². The molecule has 3 aromatic rings. The first-order valence-electron chi connectivity index (χ1n) is 8.82. The summed E-state index contributed by atoms with van der Waals surface area (Å²) in [5.74, 6) is -1.72. The van der Waals surface area contributed by atoms with E-state index in [-0.39, 0.29) is 23.5 Å². The number of benzene rings is 3. The van der Waals surface area contributed by atoms with Crippen LogP contribution in [0.5, 0.6) is 5.75 Å². The number of anilines is 2. The van der Waals surface area contributed by atoms with Crippen molar-refractivity contribution in [1.82, 2.24) is 0 Å². The Balaban J connectivity index is 1.56. The molecule has 2 N–H and O–H groups in total. The quantitative estimate of drug-likeness (QED) is 0.690. The molecule has 5 nitrogen and oxygen atoms in total. The smallest absolute Gasteiger partial charge is 0.258 e. The van der Waals surface area contributed by atoms with Gasteiger partial charge in [0.15, 0.2) is 0 Å². The fourth-order valence-electron chi connectivity index (χ4n) is 3.23. The minimum atomic E-state index is -0.770. The molecule has 146 valence electrons. The summed E-state index contributed by atoms with van der Waals surface area (Å²) >= 11 is 0. The van der Waals surface area contributed by atoms with E-state index in [9.17, 15) is 18.4 Å². The largest absolute Gasteiger partial charge is 0.497 e. The molecule has 4 rings (SSSR count). The van der Waals surface area contributed by atoms with Crippen molar-refractivity contribution in [3.05, 3.63) is 77.4 Å². The maximum Gasteiger partial charge on any atom is 0.258 e. The first-order chi connectivity index (χ1) is 13.9. The molecule has 0 aliphatic carbocycles. The molecule has 0 aromatic heterocycles. The van der Waals surface area contributed by atoms with Crippen LogP contribution in [0.1, 0.15) is 15.9 Å². The highest BCUT2D eigenvalue weighted by molar-refractivity contribution is 6.05. The van der Waals surface area contributed by atoms with E-state index >= 15 is 0 Å². The van der Waals surface area contributed by atoms with Crippen molar-refractivity contribution in [2.75, 3.05) is 17.7 Å². The molecule has 1 heterocycles. The number of rotatable bonds is 4. The molecule has 0 radical (unpaired) electrons. The number of ether oxygens (including phenoxy) is 1. The van der Waals surface area contributed by atoms with E-state index in [0.29, 0.717) is 22.7 Å². The average Bonchev–Trinajstić information content (AvgIpc) is 3.06. The standard InChI is InChI=1S/C22H16F2N2O3/c1-29-15-4-6-16(19(24)11-15)12-2-5-17(18(23)9-12)22(28)25-14-3-7-20-13(8-14)10-21(27)26-20/h2-9,11H,10H2,1H3,(H,25,28)(H,26,27). The summed E-state index contributed by atoms with van der Waals surface area (Å²) in [4.78, 5) is 23.9. The third-order valence-corrected chi connectivity index (χ3v) is 4.69. The molecule has 0 spiro atoms. The lowest BCUT2D eigenvalue weighted by atomic mass is 10.0. The molecule has 0 atom stereocenters. The Bertz CT molecular complexity index is 1140. The molecular formula is C22H16F2N2O3. The molecule has 0 fully saturated rings. The van der Waals surface area contributed by atoms with Gasteiger partial charge >= 0.3 is 0 Å². The number of fused-ring (bicyclic) bond motifs is 1. The number of nitrogens with one attached hydrogen (secondary N) is 2. The molecule has 0 bridgehead atoms. The van der Waals surface area contributed by atoms with Gasteiger partial charge in [0, 0.05) is 23.0 Å². The van der Waals surface area contributed by atoms with Gasteiger partial charge in [-0.25, -0.2) is 8.78 Å². The Hall–Kier alpha value is -3.74. The monoisotopic (exact) mass is 394 g/mol. The molecule has 7 heteroatoms. The second-order valence-electron chi connectivity index (χ2n) is 6.59. The number of hydrogen-bond donors (Lipinski definition) is 2. The molecule has 1 aliphatic heterocycles. The van der Waals surface area contributed by atoms with Crippen molar-refractivity contribution in [1.29, 1.82) is 0 Å². The van der Waals surface area contributed by atoms with Gasteiger partial charge in [-0.3, -0.25) is 9.59 Å². The van der Waals surface area contributed by atoms with Crippen LogP contribution < -0.4 is 15.4 Å². The Morgan fingerprint density at radius 1 is 1.03 bits per heavy atom. The van der Waals surface area contributed by atoms with Crippen molar-refractivity contribution in [2.24, 2.45) is 0 Å². The van der Waals surface area contributed by atoms with Crippen LogP contribution in [0.15, 0.2) is 54.6 Å². The fraction of sp³-hybridized carbons (Fsp3) is 0.0909. The van der Waals surface area contributed by atoms with Crippen LogP contribution in [0.4, 0.5) is 20.2 Å². The van der Waals surface area contributed by atoms with E-state index in [4.69, 9.17) is 4.74 Å². The summed E-state index contributed by atoms with van der Waals surface area (Å²) in [5.41, 5.74) is 2.25. The molecule has 3 aromatic carbocycles. The van der Waals surface area contributed by atoms with Gasteiger partial charge in [0.05, 0.1) is 19.1 Å². The number of carbonyl (C=O) groups is 2. The van der Waals surface area contributed by atoms with E-state index in [0.717, 1.165) is 11.6 Å². The van der Waals surface area contributed by atoms with Crippen molar-refractivity contribution in [3.8, 4) is 16.9 Å². The van der Waals surface area contributed by atoms with Gasteiger partial charge in [0.2, 0.25) is 5.91 Å². The van der Waals surface area contributed by atoms with Crippen molar-refractivity contribution < 1.29 is 23.1 Å². The highest BCUT2D eigenvalue weighted by Gasteiger charge is 2.19. The van der Waals surface area contributed by atoms with Crippen LogP contribution >= 0.6 is 0 Å². The zero-order chi connectivity index (χ0) is 20.5. The zero-order valence-corrected chi connectivity index (χ0v) is 15.4. The minimum absolute atomic E-state index is 0.115. The highest BCUT2D eigenvalue weighted by Crippen LogP contribution is 2.29. The maximum atomic E-state index is 14.6.